The molecule has 1 aromatic heterocycles. The third-order valence-electron chi connectivity index (χ3n) is 3.58. The molecule has 24 heavy (non-hydrogen) atoms. The van der Waals surface area contributed by atoms with Crippen LogP contribution in [0.25, 0.3) is 0 Å². The van der Waals surface area contributed by atoms with Gasteiger partial charge in [0.1, 0.15) is 17.6 Å². The summed E-state index contributed by atoms with van der Waals surface area (Å²) in [4.78, 5) is 17.0. The molecule has 1 atom stereocenters. The van der Waals surface area contributed by atoms with Crippen LogP contribution in [0.5, 0.6) is 0 Å². The second kappa shape index (κ2) is 7.00. The molecule has 0 aliphatic carbocycles. The standard InChI is InChI=1S/C19H14F2N2O/c20-14-10-8-13(9-11-14)18(17-7-3-4-12-22-17)19(24)23-16-6-2-1-5-15(16)21/h1-12,18H,(H,23,24). The summed E-state index contributed by atoms with van der Waals surface area (Å²) in [7, 11) is 0. The summed E-state index contributed by atoms with van der Waals surface area (Å²) in [5.41, 5.74) is 1.16. The Kier molecular flexibility index (Phi) is 4.61. The van der Waals surface area contributed by atoms with E-state index in [0.29, 0.717) is 11.3 Å². The molecule has 0 bridgehead atoms. The monoisotopic (exact) mass is 324 g/mol. The summed E-state index contributed by atoms with van der Waals surface area (Å²) in [6.45, 7) is 0. The average molecular weight is 324 g/mol. The first-order valence-electron chi connectivity index (χ1n) is 7.37. The highest BCUT2D eigenvalue weighted by atomic mass is 19.1. The van der Waals surface area contributed by atoms with Crippen LogP contribution < -0.4 is 5.32 Å². The van der Waals surface area contributed by atoms with E-state index in [1.807, 2.05) is 0 Å². The van der Waals surface area contributed by atoms with Gasteiger partial charge < -0.3 is 5.32 Å². The molecule has 1 amide bonds. The van der Waals surface area contributed by atoms with Crippen molar-refractivity contribution in [2.24, 2.45) is 0 Å². The van der Waals surface area contributed by atoms with Crippen molar-refractivity contribution in [3.8, 4) is 0 Å². The minimum atomic E-state index is -0.772. The molecule has 0 radical (unpaired) electrons. The lowest BCUT2D eigenvalue weighted by atomic mass is 9.94. The van der Waals surface area contributed by atoms with E-state index in [9.17, 15) is 13.6 Å². The van der Waals surface area contributed by atoms with Crippen molar-refractivity contribution in [1.82, 2.24) is 4.98 Å². The maximum absolute atomic E-state index is 13.8. The van der Waals surface area contributed by atoms with Gasteiger partial charge in [0, 0.05) is 6.20 Å². The topological polar surface area (TPSA) is 42.0 Å². The van der Waals surface area contributed by atoms with E-state index in [-0.39, 0.29) is 5.69 Å². The third kappa shape index (κ3) is 3.46. The molecule has 2 aromatic carbocycles. The van der Waals surface area contributed by atoms with E-state index in [1.165, 1.54) is 36.4 Å². The molecule has 1 unspecified atom stereocenters. The number of anilines is 1. The van der Waals surface area contributed by atoms with Gasteiger partial charge >= 0.3 is 0 Å². The van der Waals surface area contributed by atoms with Crippen molar-refractivity contribution < 1.29 is 13.6 Å². The molecule has 3 aromatic rings. The van der Waals surface area contributed by atoms with Crippen LogP contribution in [-0.2, 0) is 4.79 Å². The van der Waals surface area contributed by atoms with Crippen molar-refractivity contribution in [1.29, 1.82) is 0 Å². The van der Waals surface area contributed by atoms with E-state index in [2.05, 4.69) is 10.3 Å². The zero-order valence-corrected chi connectivity index (χ0v) is 12.6. The van der Waals surface area contributed by atoms with E-state index in [4.69, 9.17) is 0 Å². The second-order valence-corrected chi connectivity index (χ2v) is 5.21. The van der Waals surface area contributed by atoms with E-state index in [0.717, 1.165) is 0 Å². The van der Waals surface area contributed by atoms with Gasteiger partial charge in [0.2, 0.25) is 5.91 Å². The Labute approximate surface area is 138 Å². The van der Waals surface area contributed by atoms with Gasteiger partial charge in [-0.15, -0.1) is 0 Å². The van der Waals surface area contributed by atoms with Crippen molar-refractivity contribution in [2.75, 3.05) is 5.32 Å². The first kappa shape index (κ1) is 15.8. The molecule has 1 N–H and O–H groups in total. The zero-order valence-electron chi connectivity index (χ0n) is 12.6. The lowest BCUT2D eigenvalue weighted by Gasteiger charge is -2.17. The quantitative estimate of drug-likeness (QED) is 0.784. The molecule has 0 saturated carbocycles. The number of aromatic nitrogens is 1. The van der Waals surface area contributed by atoms with Crippen molar-refractivity contribution >= 4 is 11.6 Å². The van der Waals surface area contributed by atoms with Crippen LogP contribution in [0.3, 0.4) is 0 Å². The van der Waals surface area contributed by atoms with Gasteiger partial charge in [-0.1, -0.05) is 30.3 Å². The molecule has 0 aliphatic rings. The highest BCUT2D eigenvalue weighted by Gasteiger charge is 2.24. The molecule has 0 fully saturated rings. The number of pyridine rings is 1. The summed E-state index contributed by atoms with van der Waals surface area (Å²) in [6.07, 6.45) is 1.57. The summed E-state index contributed by atoms with van der Waals surface area (Å²) in [6, 6.07) is 16.7. The fourth-order valence-corrected chi connectivity index (χ4v) is 2.43. The average Bonchev–Trinajstić information content (AvgIpc) is 2.60. The Bertz CT molecular complexity index is 836. The van der Waals surface area contributed by atoms with E-state index < -0.39 is 23.5 Å². The minimum Gasteiger partial charge on any atom is -0.323 e. The Morgan fingerprint density at radius 3 is 2.29 bits per heavy atom. The fraction of sp³-hybridized carbons (Fsp3) is 0.0526. The Morgan fingerprint density at radius 2 is 1.62 bits per heavy atom. The molecule has 0 saturated heterocycles. The first-order chi connectivity index (χ1) is 11.6. The van der Waals surface area contributed by atoms with Crippen LogP contribution in [0.15, 0.2) is 72.9 Å². The number of nitrogens with one attached hydrogen (secondary N) is 1. The van der Waals surface area contributed by atoms with Crippen molar-refractivity contribution in [3.63, 3.8) is 0 Å². The van der Waals surface area contributed by atoms with Gasteiger partial charge in [-0.3, -0.25) is 9.78 Å². The third-order valence-corrected chi connectivity index (χ3v) is 3.58. The van der Waals surface area contributed by atoms with Gasteiger partial charge in [0.25, 0.3) is 0 Å². The summed E-state index contributed by atoms with van der Waals surface area (Å²) >= 11 is 0. The lowest BCUT2D eigenvalue weighted by Crippen LogP contribution is -2.23. The Morgan fingerprint density at radius 1 is 0.917 bits per heavy atom. The van der Waals surface area contributed by atoms with Crippen LogP contribution in [0.1, 0.15) is 17.2 Å². The number of rotatable bonds is 4. The lowest BCUT2D eigenvalue weighted by molar-refractivity contribution is -0.116. The van der Waals surface area contributed by atoms with E-state index in [1.54, 1.807) is 36.5 Å². The number of halogens is 2. The minimum absolute atomic E-state index is 0.0885. The smallest absolute Gasteiger partial charge is 0.238 e. The van der Waals surface area contributed by atoms with Gasteiger partial charge in [-0.25, -0.2) is 8.78 Å². The largest absolute Gasteiger partial charge is 0.323 e. The first-order valence-corrected chi connectivity index (χ1v) is 7.37. The summed E-state index contributed by atoms with van der Waals surface area (Å²) in [5, 5.41) is 2.57. The molecule has 5 heteroatoms. The number of hydrogen-bond acceptors (Lipinski definition) is 2. The SMILES string of the molecule is O=C(Nc1ccccc1F)C(c1ccc(F)cc1)c1ccccn1. The number of amides is 1. The second-order valence-electron chi connectivity index (χ2n) is 5.21. The highest BCUT2D eigenvalue weighted by molar-refractivity contribution is 5.97. The van der Waals surface area contributed by atoms with Crippen molar-refractivity contribution in [3.05, 3.63) is 95.8 Å². The van der Waals surface area contributed by atoms with Crippen LogP contribution >= 0.6 is 0 Å². The molecule has 120 valence electrons. The predicted molar refractivity (Wildman–Crippen MR) is 87.5 cm³/mol. The Hall–Kier alpha value is -3.08. The molecular weight excluding hydrogens is 310 g/mol. The number of carbonyl (C=O) groups is 1. The van der Waals surface area contributed by atoms with E-state index >= 15 is 0 Å². The number of para-hydroxylation sites is 1. The van der Waals surface area contributed by atoms with Gasteiger partial charge in [-0.05, 0) is 42.0 Å². The maximum Gasteiger partial charge on any atom is 0.238 e. The Balaban J connectivity index is 1.97. The highest BCUT2D eigenvalue weighted by Crippen LogP contribution is 2.25. The van der Waals surface area contributed by atoms with Crippen LogP contribution in [-0.4, -0.2) is 10.9 Å². The molecule has 0 aliphatic heterocycles. The molecule has 3 rings (SSSR count). The van der Waals surface area contributed by atoms with Crippen LogP contribution in [0.4, 0.5) is 14.5 Å². The molecule has 1 heterocycles. The summed E-state index contributed by atoms with van der Waals surface area (Å²) in [5.74, 6) is -2.13. The van der Waals surface area contributed by atoms with Crippen LogP contribution in [0, 0.1) is 11.6 Å². The molecule has 3 nitrogen and oxygen atoms in total. The van der Waals surface area contributed by atoms with Gasteiger partial charge in [0.05, 0.1) is 11.4 Å². The molecule has 0 spiro atoms. The molecular formula is C19H14F2N2O. The fourth-order valence-electron chi connectivity index (χ4n) is 2.43. The number of hydrogen-bond donors (Lipinski definition) is 1. The normalized spacial score (nSPS) is 11.8. The zero-order chi connectivity index (χ0) is 16.9. The number of benzene rings is 2. The van der Waals surface area contributed by atoms with Crippen molar-refractivity contribution in [2.45, 2.75) is 5.92 Å². The van der Waals surface area contributed by atoms with Gasteiger partial charge in [-0.2, -0.15) is 0 Å². The maximum atomic E-state index is 13.8. The number of carbonyl (C=O) groups excluding carboxylic acids is 1. The predicted octanol–water partition coefficient (Wildman–Crippen LogP) is 4.13. The van der Waals surface area contributed by atoms with Gasteiger partial charge in [0.15, 0.2) is 0 Å². The van der Waals surface area contributed by atoms with Crippen LogP contribution in [0.2, 0.25) is 0 Å². The summed E-state index contributed by atoms with van der Waals surface area (Å²) < 4.78 is 27.0. The number of nitrogens with zero attached hydrogens (tertiary/aromatic N) is 1.